The Balaban J connectivity index is 1.70. The quantitative estimate of drug-likeness (QED) is 0.860. The van der Waals surface area contributed by atoms with Gasteiger partial charge in [0.15, 0.2) is 0 Å². The van der Waals surface area contributed by atoms with Crippen LogP contribution in [0.4, 0.5) is 0 Å². The maximum absolute atomic E-state index is 12.7. The lowest BCUT2D eigenvalue weighted by atomic mass is 10.0. The zero-order valence-electron chi connectivity index (χ0n) is 15.9. The van der Waals surface area contributed by atoms with Crippen LogP contribution in [0.3, 0.4) is 0 Å². The summed E-state index contributed by atoms with van der Waals surface area (Å²) in [5, 5.41) is 7.30. The Morgan fingerprint density at radius 1 is 1.27 bits per heavy atom. The first kappa shape index (κ1) is 18.6. The number of nitrogens with one attached hydrogen (secondary N) is 1. The van der Waals surface area contributed by atoms with Crippen molar-refractivity contribution in [3.63, 3.8) is 0 Å². The van der Waals surface area contributed by atoms with E-state index in [1.54, 1.807) is 17.1 Å². The van der Waals surface area contributed by atoms with Crippen LogP contribution in [0, 0.1) is 0 Å². The van der Waals surface area contributed by atoms with Crippen LogP contribution in [0.1, 0.15) is 34.8 Å². The van der Waals surface area contributed by atoms with Gasteiger partial charge in [0, 0.05) is 25.8 Å². The zero-order chi connectivity index (χ0) is 18.5. The lowest BCUT2D eigenvalue weighted by molar-refractivity contribution is 0.0905. The first-order chi connectivity index (χ1) is 12.5. The van der Waals surface area contributed by atoms with Gasteiger partial charge in [-0.3, -0.25) is 9.48 Å². The van der Waals surface area contributed by atoms with E-state index < -0.39 is 0 Å². The van der Waals surface area contributed by atoms with Gasteiger partial charge in [0.1, 0.15) is 0 Å². The summed E-state index contributed by atoms with van der Waals surface area (Å²) in [4.78, 5) is 17.4. The molecule has 1 amide bonds. The Bertz CT molecular complexity index is 706. The minimum absolute atomic E-state index is 0.0476. The van der Waals surface area contributed by atoms with Crippen molar-refractivity contribution < 1.29 is 4.79 Å². The Labute approximate surface area is 155 Å². The number of likely N-dealkylation sites (N-methyl/N-ethyl adjacent to an activating group) is 1. The second-order valence-corrected chi connectivity index (χ2v) is 7.31. The molecule has 1 aliphatic rings. The van der Waals surface area contributed by atoms with E-state index in [0.717, 1.165) is 25.2 Å². The number of nitrogens with zero attached hydrogens (tertiary/aromatic N) is 4. The molecule has 0 spiro atoms. The number of hydrogen-bond donors (Lipinski definition) is 1. The smallest absolute Gasteiger partial charge is 0.254 e. The fourth-order valence-corrected chi connectivity index (χ4v) is 3.57. The number of aromatic nitrogens is 2. The summed E-state index contributed by atoms with van der Waals surface area (Å²) in [6.07, 6.45) is 5.70. The highest BCUT2D eigenvalue weighted by molar-refractivity contribution is 5.93. The minimum atomic E-state index is -0.0799. The van der Waals surface area contributed by atoms with Crippen molar-refractivity contribution in [2.24, 2.45) is 7.05 Å². The Morgan fingerprint density at radius 2 is 1.96 bits per heavy atom. The van der Waals surface area contributed by atoms with Crippen molar-refractivity contribution in [1.29, 1.82) is 0 Å². The first-order valence-electron chi connectivity index (χ1n) is 9.26. The highest BCUT2D eigenvalue weighted by Crippen LogP contribution is 2.20. The highest BCUT2D eigenvalue weighted by Gasteiger charge is 2.24. The summed E-state index contributed by atoms with van der Waals surface area (Å²) in [7, 11) is 6.17. The van der Waals surface area contributed by atoms with E-state index in [0.29, 0.717) is 11.6 Å². The Morgan fingerprint density at radius 3 is 2.58 bits per heavy atom. The molecule has 0 saturated carbocycles. The van der Waals surface area contributed by atoms with E-state index in [-0.39, 0.29) is 11.9 Å². The summed E-state index contributed by atoms with van der Waals surface area (Å²) in [6.45, 7) is 3.06. The molecule has 140 valence electrons. The van der Waals surface area contributed by atoms with Crippen LogP contribution in [0.15, 0.2) is 42.7 Å². The SMILES string of the molecule is CN1CCC(N(C)CC(NC(=O)c2cnn(C)c2)c2ccccc2)CC1. The van der Waals surface area contributed by atoms with Crippen LogP contribution >= 0.6 is 0 Å². The van der Waals surface area contributed by atoms with E-state index in [2.05, 4.69) is 46.4 Å². The number of benzene rings is 1. The molecule has 1 atom stereocenters. The highest BCUT2D eigenvalue weighted by atomic mass is 16.1. The van der Waals surface area contributed by atoms with Crippen molar-refractivity contribution in [1.82, 2.24) is 24.9 Å². The molecule has 1 fully saturated rings. The van der Waals surface area contributed by atoms with Crippen LogP contribution in [0.2, 0.25) is 0 Å². The maximum Gasteiger partial charge on any atom is 0.254 e. The number of hydrogen-bond acceptors (Lipinski definition) is 4. The minimum Gasteiger partial charge on any atom is -0.344 e. The molecule has 1 aromatic heterocycles. The standard InChI is InChI=1S/C20H29N5O/c1-23-11-9-18(10-12-23)24(2)15-19(16-7-5-4-6-8-16)22-20(26)17-13-21-25(3)14-17/h4-8,13-14,18-19H,9-12,15H2,1-3H3,(H,22,26). The molecule has 2 aromatic rings. The number of aryl methyl sites for hydroxylation is 1. The predicted octanol–water partition coefficient (Wildman–Crippen LogP) is 1.92. The normalized spacial score (nSPS) is 17.4. The molecule has 0 aliphatic carbocycles. The molecule has 1 aromatic carbocycles. The van der Waals surface area contributed by atoms with E-state index in [4.69, 9.17) is 0 Å². The van der Waals surface area contributed by atoms with Crippen LogP contribution < -0.4 is 5.32 Å². The third kappa shape index (κ3) is 4.71. The fourth-order valence-electron chi connectivity index (χ4n) is 3.57. The summed E-state index contributed by atoms with van der Waals surface area (Å²) in [6, 6.07) is 10.7. The molecule has 1 N–H and O–H groups in total. The van der Waals surface area contributed by atoms with Gasteiger partial charge in [-0.25, -0.2) is 0 Å². The molecular weight excluding hydrogens is 326 g/mol. The average molecular weight is 355 g/mol. The second kappa shape index (κ2) is 8.47. The molecule has 2 heterocycles. The second-order valence-electron chi connectivity index (χ2n) is 7.31. The Hall–Kier alpha value is -2.18. The number of likely N-dealkylation sites (tertiary alicyclic amines) is 1. The number of amides is 1. The topological polar surface area (TPSA) is 53.4 Å². The summed E-state index contributed by atoms with van der Waals surface area (Å²) >= 11 is 0. The van der Waals surface area contributed by atoms with Gasteiger partial charge in [-0.05, 0) is 45.6 Å². The third-order valence-corrected chi connectivity index (χ3v) is 5.26. The summed E-state index contributed by atoms with van der Waals surface area (Å²) in [5.74, 6) is -0.0799. The first-order valence-corrected chi connectivity index (χ1v) is 9.26. The largest absolute Gasteiger partial charge is 0.344 e. The van der Waals surface area contributed by atoms with Crippen LogP contribution in [-0.2, 0) is 7.05 Å². The lowest BCUT2D eigenvalue weighted by Crippen LogP contribution is -2.45. The van der Waals surface area contributed by atoms with E-state index in [1.165, 1.54) is 12.8 Å². The Kier molecular flexibility index (Phi) is 6.06. The lowest BCUT2D eigenvalue weighted by Gasteiger charge is -2.37. The molecule has 6 heteroatoms. The van der Waals surface area contributed by atoms with Crippen molar-refractivity contribution in [2.75, 3.05) is 33.7 Å². The number of carbonyl (C=O) groups excluding carboxylic acids is 1. The fraction of sp³-hybridized carbons (Fsp3) is 0.500. The number of carbonyl (C=O) groups is 1. The maximum atomic E-state index is 12.7. The zero-order valence-corrected chi connectivity index (χ0v) is 15.9. The van der Waals surface area contributed by atoms with Crippen LogP contribution in [0.5, 0.6) is 0 Å². The molecule has 26 heavy (non-hydrogen) atoms. The molecule has 1 unspecified atom stereocenters. The summed E-state index contributed by atoms with van der Waals surface area (Å²) in [5.41, 5.74) is 1.72. The van der Waals surface area contributed by atoms with Crippen LogP contribution in [-0.4, -0.2) is 65.3 Å². The molecule has 1 saturated heterocycles. The van der Waals surface area contributed by atoms with Gasteiger partial charge in [0.05, 0.1) is 17.8 Å². The molecular formula is C20H29N5O. The van der Waals surface area contributed by atoms with Gasteiger partial charge in [-0.15, -0.1) is 0 Å². The monoisotopic (exact) mass is 355 g/mol. The number of rotatable bonds is 6. The van der Waals surface area contributed by atoms with Crippen molar-refractivity contribution >= 4 is 5.91 Å². The third-order valence-electron chi connectivity index (χ3n) is 5.26. The van der Waals surface area contributed by atoms with Gasteiger partial charge in [-0.2, -0.15) is 5.10 Å². The van der Waals surface area contributed by atoms with Gasteiger partial charge in [0.2, 0.25) is 0 Å². The molecule has 0 radical (unpaired) electrons. The molecule has 3 rings (SSSR count). The van der Waals surface area contributed by atoms with E-state index in [9.17, 15) is 4.79 Å². The van der Waals surface area contributed by atoms with Gasteiger partial charge < -0.3 is 15.1 Å². The number of piperidine rings is 1. The van der Waals surface area contributed by atoms with E-state index in [1.807, 2.05) is 25.2 Å². The summed E-state index contributed by atoms with van der Waals surface area (Å²) < 4.78 is 1.65. The van der Waals surface area contributed by atoms with Gasteiger partial charge >= 0.3 is 0 Å². The van der Waals surface area contributed by atoms with Crippen molar-refractivity contribution in [3.05, 3.63) is 53.9 Å². The van der Waals surface area contributed by atoms with Crippen molar-refractivity contribution in [3.8, 4) is 0 Å². The molecule has 6 nitrogen and oxygen atoms in total. The average Bonchev–Trinajstić information content (AvgIpc) is 3.09. The van der Waals surface area contributed by atoms with Gasteiger partial charge in [-0.1, -0.05) is 30.3 Å². The van der Waals surface area contributed by atoms with E-state index >= 15 is 0 Å². The molecule has 1 aliphatic heterocycles. The van der Waals surface area contributed by atoms with Gasteiger partial charge in [0.25, 0.3) is 5.91 Å². The van der Waals surface area contributed by atoms with Crippen molar-refractivity contribution in [2.45, 2.75) is 24.9 Å². The molecule has 0 bridgehead atoms. The predicted molar refractivity (Wildman–Crippen MR) is 103 cm³/mol. The van der Waals surface area contributed by atoms with Crippen LogP contribution in [0.25, 0.3) is 0 Å².